The van der Waals surface area contributed by atoms with Crippen molar-refractivity contribution in [3.05, 3.63) is 30.1 Å². The number of nitrogens with two attached hydrogens (primary N) is 1. The van der Waals surface area contributed by atoms with Crippen LogP contribution >= 0.6 is 0 Å². The van der Waals surface area contributed by atoms with E-state index in [1.165, 1.54) is 4.90 Å². The molecule has 8 N–H and O–H groups in total. The molecule has 3 heterocycles. The lowest BCUT2D eigenvalue weighted by Gasteiger charge is -2.30. The number of nitrogens with one attached hydrogen (secondary N) is 3. The van der Waals surface area contributed by atoms with Crippen LogP contribution in [0.3, 0.4) is 0 Å². The number of carboxylic acid groups (broad SMARTS) is 2. The summed E-state index contributed by atoms with van der Waals surface area (Å²) < 4.78 is 55.3. The van der Waals surface area contributed by atoms with Crippen LogP contribution in [0.2, 0.25) is 0 Å². The zero-order chi connectivity index (χ0) is 49.2. The fourth-order valence-corrected chi connectivity index (χ4v) is 6.74. The molecular formula is C42H61F3N8O13. The number of aromatic nitrogens is 3. The average molecular weight is 943 g/mol. The highest BCUT2D eigenvalue weighted by Gasteiger charge is 2.40. The number of pyridine rings is 1. The summed E-state index contributed by atoms with van der Waals surface area (Å²) in [5.41, 5.74) is 5.84. The Kier molecular flexibility index (Phi) is 21.6. The van der Waals surface area contributed by atoms with E-state index < -0.39 is 77.8 Å². The minimum atomic E-state index is -5.08. The van der Waals surface area contributed by atoms with Crippen LogP contribution in [0, 0.1) is 5.92 Å². The van der Waals surface area contributed by atoms with E-state index in [2.05, 4.69) is 16.0 Å². The fourth-order valence-electron chi connectivity index (χ4n) is 6.74. The summed E-state index contributed by atoms with van der Waals surface area (Å²) in [5, 5.41) is 36.5. The van der Waals surface area contributed by atoms with Crippen molar-refractivity contribution < 1.29 is 76.2 Å². The van der Waals surface area contributed by atoms with Crippen LogP contribution in [0.5, 0.6) is 0 Å². The van der Waals surface area contributed by atoms with Gasteiger partial charge in [-0.25, -0.2) is 14.8 Å². The van der Waals surface area contributed by atoms with Crippen molar-refractivity contribution in [3.8, 4) is 0 Å². The molecule has 1 saturated heterocycles. The molecule has 3 aromatic rings. The van der Waals surface area contributed by atoms with E-state index in [1.807, 2.05) is 29.7 Å². The van der Waals surface area contributed by atoms with Crippen LogP contribution in [-0.4, -0.2) is 160 Å². The predicted molar refractivity (Wildman–Crippen MR) is 231 cm³/mol. The van der Waals surface area contributed by atoms with E-state index in [0.717, 1.165) is 5.39 Å². The number of para-hydroxylation sites is 1. The Labute approximate surface area is 378 Å². The number of likely N-dealkylation sites (tertiary alicyclic amines) is 1. The van der Waals surface area contributed by atoms with Crippen molar-refractivity contribution in [1.29, 1.82) is 0 Å². The Bertz CT molecular complexity index is 2110. The topological polar surface area (TPSA) is 296 Å². The van der Waals surface area contributed by atoms with Gasteiger partial charge in [0.2, 0.25) is 23.6 Å². The summed E-state index contributed by atoms with van der Waals surface area (Å²) in [4.78, 5) is 86.0. The minimum absolute atomic E-state index is 0.0116. The van der Waals surface area contributed by atoms with Gasteiger partial charge in [0.05, 0.1) is 69.2 Å². The Morgan fingerprint density at radius 2 is 1.55 bits per heavy atom. The lowest BCUT2D eigenvalue weighted by Crippen LogP contribution is -2.57. The number of imidazole rings is 1. The largest absolute Gasteiger partial charge is 0.490 e. The first-order chi connectivity index (χ1) is 31.1. The second kappa shape index (κ2) is 26.0. The van der Waals surface area contributed by atoms with Gasteiger partial charge in [0, 0.05) is 31.5 Å². The van der Waals surface area contributed by atoms with Crippen LogP contribution < -0.4 is 21.7 Å². The Morgan fingerprint density at radius 3 is 2.12 bits per heavy atom. The molecule has 0 radical (unpaired) electrons. The van der Waals surface area contributed by atoms with Gasteiger partial charge in [0.1, 0.15) is 36.1 Å². The smallest absolute Gasteiger partial charge is 0.481 e. The monoisotopic (exact) mass is 942 g/mol. The lowest BCUT2D eigenvalue weighted by molar-refractivity contribution is -0.192. The van der Waals surface area contributed by atoms with E-state index in [9.17, 15) is 47.4 Å². The molecule has 0 bridgehead atoms. The number of anilines is 1. The maximum atomic E-state index is 14.1. The van der Waals surface area contributed by atoms with Crippen LogP contribution in [0.1, 0.15) is 66.1 Å². The molecule has 3 atom stereocenters. The van der Waals surface area contributed by atoms with E-state index in [0.29, 0.717) is 61.8 Å². The minimum Gasteiger partial charge on any atom is -0.481 e. The number of carbonyl (C=O) groups is 6. The van der Waals surface area contributed by atoms with Gasteiger partial charge in [-0.15, -0.1) is 0 Å². The van der Waals surface area contributed by atoms with Crippen molar-refractivity contribution in [2.45, 2.75) is 103 Å². The van der Waals surface area contributed by atoms with E-state index in [1.54, 1.807) is 33.8 Å². The first-order valence-corrected chi connectivity index (χ1v) is 21.3. The number of aliphatic carboxylic acids is 2. The second-order valence-corrected chi connectivity index (χ2v) is 16.0. The fraction of sp³-hybridized carbons (Fsp3) is 0.619. The van der Waals surface area contributed by atoms with E-state index in [-0.39, 0.29) is 58.2 Å². The SMILES string of the molecule is CCOCc1nc2c(NC(=O)[C@@H](NC(=O)[C@@H]3CCCN3C(=O)[C@H](CC(=O)O)NC(=O)CCOCCOCCOCCN)C(C)C)nc3ccccc3c2n1CC(C)(C)O.O=C(O)C(F)(F)F. The van der Waals surface area contributed by atoms with Crippen molar-refractivity contribution >= 4 is 63.3 Å². The lowest BCUT2D eigenvalue weighted by atomic mass is 10.0. The molecule has 1 aliphatic heterocycles. The number of hydrogen-bond donors (Lipinski definition) is 7. The molecule has 4 rings (SSSR count). The van der Waals surface area contributed by atoms with Gasteiger partial charge in [-0.2, -0.15) is 13.2 Å². The molecule has 1 aromatic carbocycles. The number of amides is 4. The molecule has 4 amide bonds. The Balaban J connectivity index is 0.00000152. The summed E-state index contributed by atoms with van der Waals surface area (Å²) in [6.07, 6.45) is -5.20. The Morgan fingerprint density at radius 1 is 0.924 bits per heavy atom. The highest BCUT2D eigenvalue weighted by Crippen LogP contribution is 2.32. The third kappa shape index (κ3) is 17.0. The van der Waals surface area contributed by atoms with E-state index in [4.69, 9.17) is 44.6 Å². The number of halogens is 3. The zero-order valence-corrected chi connectivity index (χ0v) is 37.6. The van der Waals surface area contributed by atoms with Crippen molar-refractivity contribution in [1.82, 2.24) is 30.1 Å². The van der Waals surface area contributed by atoms with Gasteiger partial charge in [0.15, 0.2) is 5.82 Å². The maximum absolute atomic E-state index is 14.1. The molecule has 2 aromatic heterocycles. The van der Waals surface area contributed by atoms with Gasteiger partial charge >= 0.3 is 18.1 Å². The molecule has 21 nitrogen and oxygen atoms in total. The third-order valence-corrected chi connectivity index (χ3v) is 9.70. The van der Waals surface area contributed by atoms with Crippen molar-refractivity contribution in [3.63, 3.8) is 0 Å². The Hall–Kier alpha value is -5.53. The number of nitrogens with zero attached hydrogens (tertiary/aromatic N) is 4. The van der Waals surface area contributed by atoms with Gasteiger partial charge < -0.3 is 65.4 Å². The summed E-state index contributed by atoms with van der Waals surface area (Å²) in [5.74, 6) is -6.28. The first kappa shape index (κ1) is 54.8. The second-order valence-electron chi connectivity index (χ2n) is 16.0. The molecule has 66 heavy (non-hydrogen) atoms. The van der Waals surface area contributed by atoms with Gasteiger partial charge in [-0.05, 0) is 45.6 Å². The molecule has 24 heteroatoms. The molecule has 0 unspecified atom stereocenters. The first-order valence-electron chi connectivity index (χ1n) is 21.3. The number of ether oxygens (including phenoxy) is 4. The molecule has 368 valence electrons. The number of hydrogen-bond acceptors (Lipinski definition) is 14. The van der Waals surface area contributed by atoms with Gasteiger partial charge in [-0.3, -0.25) is 24.0 Å². The molecule has 1 fully saturated rings. The molecule has 0 saturated carbocycles. The van der Waals surface area contributed by atoms with Crippen molar-refractivity contribution in [2.75, 3.05) is 64.7 Å². The predicted octanol–water partition coefficient (Wildman–Crippen LogP) is 1.95. The molecule has 1 aliphatic rings. The van der Waals surface area contributed by atoms with Gasteiger partial charge in [0.25, 0.3) is 0 Å². The van der Waals surface area contributed by atoms with Crippen LogP contribution in [0.15, 0.2) is 24.3 Å². The van der Waals surface area contributed by atoms with E-state index >= 15 is 0 Å². The maximum Gasteiger partial charge on any atom is 0.490 e. The van der Waals surface area contributed by atoms with Crippen LogP contribution in [0.4, 0.5) is 19.0 Å². The number of fused-ring (bicyclic) bond motifs is 3. The number of rotatable bonds is 25. The molecular weight excluding hydrogens is 881 g/mol. The third-order valence-electron chi connectivity index (χ3n) is 9.70. The molecule has 0 aliphatic carbocycles. The number of carbonyl (C=O) groups excluding carboxylic acids is 4. The van der Waals surface area contributed by atoms with Crippen LogP contribution in [0.25, 0.3) is 21.9 Å². The highest BCUT2D eigenvalue weighted by atomic mass is 19.4. The summed E-state index contributed by atoms with van der Waals surface area (Å²) in [6, 6.07) is 3.85. The highest BCUT2D eigenvalue weighted by molar-refractivity contribution is 6.10. The summed E-state index contributed by atoms with van der Waals surface area (Å²) in [7, 11) is 0. The number of benzene rings is 1. The number of alkyl halides is 3. The quantitative estimate of drug-likeness (QED) is 0.0598. The zero-order valence-electron chi connectivity index (χ0n) is 37.6. The number of carboxylic acids is 2. The average Bonchev–Trinajstić information content (AvgIpc) is 3.87. The normalized spacial score (nSPS) is 15.0. The number of aliphatic hydroxyl groups is 1. The standard InChI is InChI=1S/C40H60N8O11.C2HF3O2/c1-6-56-23-30-44-34-35(48(30)24-40(4,5)55)26-10-7-8-11-27(26)43-36(34)46-38(53)33(25(2)3)45-37(52)29-12-9-15-47(29)39(54)28(22-32(50)51)42-31(49)13-16-57-18-20-59-21-19-58-17-14-41;3-2(4,5)1(6)7/h7-8,10-11,25,28-29,33,55H,6,9,12-24,41H2,1-5H3,(H,42,49)(H,45,52)(H,50,51)(H,43,46,53);(H,6,7)/t28-,29-,33-;/m0./s1. The molecule has 0 spiro atoms. The van der Waals surface area contributed by atoms with Crippen molar-refractivity contribution in [2.24, 2.45) is 11.7 Å². The van der Waals surface area contributed by atoms with Gasteiger partial charge in [-0.1, -0.05) is 32.0 Å². The summed E-state index contributed by atoms with van der Waals surface area (Å²) >= 11 is 0. The summed E-state index contributed by atoms with van der Waals surface area (Å²) in [6.45, 7) is 11.8. The van der Waals surface area contributed by atoms with Crippen LogP contribution in [-0.2, 0) is 60.9 Å².